The number of imidazole rings is 1. The zero-order chi connectivity index (χ0) is 45.4. The van der Waals surface area contributed by atoms with Crippen molar-refractivity contribution in [2.45, 2.75) is 122 Å². The average molecular weight is 889 g/mol. The quantitative estimate of drug-likeness (QED) is 0.0762. The lowest BCUT2D eigenvalue weighted by atomic mass is 9.80. The number of carbonyl (C=O) groups excluding carboxylic acids is 2. The number of imide groups is 1. The Kier molecular flexibility index (Phi) is 13.3. The minimum atomic E-state index is -2.62. The third-order valence-corrected chi connectivity index (χ3v) is 15.5. The van der Waals surface area contributed by atoms with Crippen LogP contribution >= 0.6 is 11.6 Å². The Morgan fingerprint density at radius 2 is 1.32 bits per heavy atom. The molecule has 0 radical (unpaired) electrons. The molecule has 0 saturated carbocycles. The van der Waals surface area contributed by atoms with E-state index in [9.17, 15) is 14.7 Å². The highest BCUT2D eigenvalue weighted by atomic mass is 35.5. The highest BCUT2D eigenvalue weighted by molar-refractivity contribution is 6.74. The lowest BCUT2D eigenvalue weighted by molar-refractivity contribution is -0.0940. The van der Waals surface area contributed by atoms with E-state index in [1.165, 1.54) is 6.33 Å². The van der Waals surface area contributed by atoms with Crippen LogP contribution in [-0.2, 0) is 29.0 Å². The summed E-state index contributed by atoms with van der Waals surface area (Å²) in [5, 5.41) is 11.8. The highest BCUT2D eigenvalue weighted by Crippen LogP contribution is 2.45. The second kappa shape index (κ2) is 17.7. The van der Waals surface area contributed by atoms with E-state index in [4.69, 9.17) is 39.7 Å². The van der Waals surface area contributed by atoms with Crippen molar-refractivity contribution in [3.63, 3.8) is 0 Å². The summed E-state index contributed by atoms with van der Waals surface area (Å²) >= 11 is 6.60. The van der Waals surface area contributed by atoms with Crippen LogP contribution in [-0.4, -0.2) is 88.4 Å². The summed E-state index contributed by atoms with van der Waals surface area (Å²) in [6.45, 7) is 20.4. The van der Waals surface area contributed by atoms with Crippen molar-refractivity contribution in [3.8, 4) is 5.75 Å². The second-order valence-corrected chi connectivity index (χ2v) is 23.9. The van der Waals surface area contributed by atoms with Crippen LogP contribution in [0.1, 0.15) is 85.2 Å². The number of hydrogen-bond acceptors (Lipinski definition) is 12. The van der Waals surface area contributed by atoms with Gasteiger partial charge in [-0.15, -0.1) is 0 Å². The number of hydrogen-bond donors (Lipinski definition) is 1. The minimum absolute atomic E-state index is 0.0154. The Morgan fingerprint density at radius 1 is 0.806 bits per heavy atom. The number of benzene rings is 3. The summed E-state index contributed by atoms with van der Waals surface area (Å²) in [5.74, 6) is 0.421. The molecule has 2 amide bonds. The summed E-state index contributed by atoms with van der Waals surface area (Å²) in [5.41, 5.74) is -0.483. The monoisotopic (exact) mass is 887 g/mol. The van der Waals surface area contributed by atoms with Gasteiger partial charge in [0, 0.05) is 0 Å². The number of rotatable bonds is 11. The summed E-state index contributed by atoms with van der Waals surface area (Å²) in [4.78, 5) is 41.6. The van der Waals surface area contributed by atoms with E-state index in [0.29, 0.717) is 10.6 Å². The van der Waals surface area contributed by atoms with E-state index in [-0.39, 0.29) is 33.9 Å². The number of amides is 2. The molecule has 3 aromatic carbocycles. The van der Waals surface area contributed by atoms with Gasteiger partial charge in [0.25, 0.3) is 0 Å². The van der Waals surface area contributed by atoms with Crippen LogP contribution in [0.25, 0.3) is 11.2 Å². The Morgan fingerprint density at radius 3 is 1.81 bits per heavy atom. The van der Waals surface area contributed by atoms with E-state index in [2.05, 4.69) is 48.8 Å². The molecule has 1 aliphatic rings. The molecule has 16 heteroatoms. The molecule has 332 valence electrons. The van der Waals surface area contributed by atoms with Gasteiger partial charge in [-0.25, -0.2) is 14.6 Å². The van der Waals surface area contributed by atoms with Gasteiger partial charge < -0.3 is 33.2 Å². The third-order valence-electron chi connectivity index (χ3n) is 10.9. The van der Waals surface area contributed by atoms with E-state index in [1.807, 2.05) is 84.9 Å². The van der Waals surface area contributed by atoms with Crippen molar-refractivity contribution in [1.29, 1.82) is 0 Å². The molecule has 6 rings (SSSR count). The predicted molar refractivity (Wildman–Crippen MR) is 239 cm³/mol. The third kappa shape index (κ3) is 9.83. The van der Waals surface area contributed by atoms with Gasteiger partial charge in [0.2, 0.25) is 5.28 Å². The first-order valence-corrected chi connectivity index (χ1v) is 23.8. The van der Waals surface area contributed by atoms with Crippen molar-refractivity contribution >= 4 is 49.1 Å². The standard InChI is InChI=1S/C46H58ClN5O9Si/c1-43(2,3)59-41(54)52(42(55)60-44(4,5)6)38-34-37(49-40(47)50-38)51(28-48-34)39-36(61-62(11,12)45(7,8)9)35(53)33(58-39)27-57-46(29-19-15-13-16-20-29,30-21-17-14-18-22-30)31-23-25-32(56-10)26-24-31/h13-26,28,33,35-36,39,53H,27H2,1-12H3/t33-,35+,36-,39-/m1/s1. The summed E-state index contributed by atoms with van der Waals surface area (Å²) in [6.07, 6.45) is -4.86. The number of aliphatic hydroxyl groups is 1. The zero-order valence-corrected chi connectivity index (χ0v) is 39.3. The van der Waals surface area contributed by atoms with E-state index in [1.54, 1.807) is 53.2 Å². The molecule has 62 heavy (non-hydrogen) atoms. The average Bonchev–Trinajstić information content (AvgIpc) is 3.74. The van der Waals surface area contributed by atoms with Crippen molar-refractivity contribution in [2.24, 2.45) is 0 Å². The zero-order valence-electron chi connectivity index (χ0n) is 37.5. The summed E-state index contributed by atoms with van der Waals surface area (Å²) in [7, 11) is -1.00. The molecule has 0 unspecified atom stereocenters. The lowest BCUT2D eigenvalue weighted by Crippen LogP contribution is -2.49. The van der Waals surface area contributed by atoms with Crippen molar-refractivity contribution in [2.75, 3.05) is 18.6 Å². The van der Waals surface area contributed by atoms with Crippen molar-refractivity contribution in [3.05, 3.63) is 113 Å². The molecule has 2 aromatic heterocycles. The molecular formula is C46H58ClN5O9Si. The second-order valence-electron chi connectivity index (χ2n) is 18.8. The van der Waals surface area contributed by atoms with Gasteiger partial charge in [-0.1, -0.05) is 93.6 Å². The molecule has 1 aliphatic heterocycles. The number of aromatic nitrogens is 4. The molecule has 1 saturated heterocycles. The number of anilines is 1. The molecule has 14 nitrogen and oxygen atoms in total. The van der Waals surface area contributed by atoms with E-state index < -0.39 is 61.8 Å². The van der Waals surface area contributed by atoms with Crippen LogP contribution in [0.5, 0.6) is 5.75 Å². The molecule has 0 bridgehead atoms. The van der Waals surface area contributed by atoms with Gasteiger partial charge >= 0.3 is 12.2 Å². The highest BCUT2D eigenvalue weighted by Gasteiger charge is 2.52. The Balaban J connectivity index is 1.47. The SMILES string of the molecule is COc1ccc(C(OC[C@H]2O[C@@H](n3cnc4c(N(C(=O)OC(C)(C)C)C(=O)OC(C)(C)C)nc(Cl)nc43)[C@H](O[Si](C)(C)C(C)(C)C)[C@H]2O)(c2ccccc2)c2ccccc2)cc1. The molecule has 3 heterocycles. The van der Waals surface area contributed by atoms with Crippen LogP contribution < -0.4 is 9.64 Å². The molecule has 0 aliphatic carbocycles. The van der Waals surface area contributed by atoms with Crippen LogP contribution in [0.4, 0.5) is 15.4 Å². The normalized spacial score (nSPS) is 18.7. The number of halogens is 1. The smallest absolute Gasteiger partial charge is 0.425 e. The number of carbonyl (C=O) groups is 2. The fourth-order valence-electron chi connectivity index (χ4n) is 6.93. The Labute approximate surface area is 369 Å². The largest absolute Gasteiger partial charge is 0.497 e. The Hall–Kier alpha value is -4.90. The van der Waals surface area contributed by atoms with E-state index >= 15 is 0 Å². The van der Waals surface area contributed by atoms with Crippen LogP contribution in [0.2, 0.25) is 23.4 Å². The minimum Gasteiger partial charge on any atom is -0.497 e. The maximum absolute atomic E-state index is 13.8. The van der Waals surface area contributed by atoms with Gasteiger partial charge in [0.05, 0.1) is 20.0 Å². The molecule has 1 fully saturated rings. The number of aliphatic hydroxyl groups excluding tert-OH is 1. The van der Waals surface area contributed by atoms with Gasteiger partial charge in [0.15, 0.2) is 31.5 Å². The fraction of sp³-hybridized carbons (Fsp3) is 0.457. The number of fused-ring (bicyclic) bond motifs is 1. The summed E-state index contributed by atoms with van der Waals surface area (Å²) in [6, 6.07) is 27.4. The molecular weight excluding hydrogens is 830 g/mol. The lowest BCUT2D eigenvalue weighted by Gasteiger charge is -2.40. The van der Waals surface area contributed by atoms with Crippen LogP contribution in [0, 0.1) is 0 Å². The molecule has 1 N–H and O–H groups in total. The molecule has 5 aromatic rings. The van der Waals surface area contributed by atoms with Gasteiger partial charge in [-0.2, -0.15) is 14.9 Å². The predicted octanol–water partition coefficient (Wildman–Crippen LogP) is 9.82. The maximum atomic E-state index is 13.8. The topological polar surface area (TPSA) is 157 Å². The first-order chi connectivity index (χ1) is 29.0. The van der Waals surface area contributed by atoms with Crippen molar-refractivity contribution < 1.29 is 42.8 Å². The summed E-state index contributed by atoms with van der Waals surface area (Å²) < 4.78 is 39.4. The fourth-order valence-corrected chi connectivity index (χ4v) is 8.38. The number of methoxy groups -OCH3 is 1. The Bertz CT molecular complexity index is 2280. The first kappa shape index (κ1) is 46.6. The van der Waals surface area contributed by atoms with Crippen LogP contribution in [0.3, 0.4) is 0 Å². The maximum Gasteiger partial charge on any atom is 0.425 e. The van der Waals surface area contributed by atoms with Gasteiger partial charge in [0.1, 0.15) is 40.9 Å². The number of ether oxygens (including phenoxy) is 5. The molecule has 0 spiro atoms. The number of nitrogens with zero attached hydrogens (tertiary/aromatic N) is 5. The van der Waals surface area contributed by atoms with E-state index in [0.717, 1.165) is 16.7 Å². The van der Waals surface area contributed by atoms with Crippen LogP contribution in [0.15, 0.2) is 91.3 Å². The first-order valence-electron chi connectivity index (χ1n) is 20.5. The van der Waals surface area contributed by atoms with Gasteiger partial charge in [-0.3, -0.25) is 4.57 Å². The van der Waals surface area contributed by atoms with Crippen molar-refractivity contribution in [1.82, 2.24) is 19.5 Å². The van der Waals surface area contributed by atoms with Gasteiger partial charge in [-0.05, 0) is 100 Å². The molecule has 4 atom stereocenters.